The molecule has 0 aromatic heterocycles. The minimum Gasteiger partial charge on any atom is -0.385 e. The lowest BCUT2D eigenvalue weighted by Gasteiger charge is -2.18. The largest absolute Gasteiger partial charge is 0.385 e. The maximum absolute atomic E-state index is 11.9. The quantitative estimate of drug-likeness (QED) is 0.755. The molecule has 0 aliphatic rings. The summed E-state index contributed by atoms with van der Waals surface area (Å²) >= 11 is 6.09. The Balaban J connectivity index is 2.50. The number of halogens is 1. The summed E-state index contributed by atoms with van der Waals surface area (Å²) in [5.74, 6) is -0.163. The van der Waals surface area contributed by atoms with Crippen LogP contribution in [-0.4, -0.2) is 25.7 Å². The molecular formula is C14H21ClN2O2. The topological polar surface area (TPSA) is 64.3 Å². The SMILES string of the molecule is COCCCC(N)C(=O)NC(C)c1ccccc1Cl. The first-order valence-electron chi connectivity index (χ1n) is 6.35. The van der Waals surface area contributed by atoms with E-state index >= 15 is 0 Å². The van der Waals surface area contributed by atoms with Crippen LogP contribution in [0.15, 0.2) is 24.3 Å². The Hall–Kier alpha value is -1.10. The molecule has 1 amide bonds. The fourth-order valence-electron chi connectivity index (χ4n) is 1.80. The number of nitrogens with one attached hydrogen (secondary N) is 1. The van der Waals surface area contributed by atoms with E-state index in [0.29, 0.717) is 18.1 Å². The highest BCUT2D eigenvalue weighted by molar-refractivity contribution is 6.31. The summed E-state index contributed by atoms with van der Waals surface area (Å²) in [5, 5.41) is 3.52. The summed E-state index contributed by atoms with van der Waals surface area (Å²) in [6.07, 6.45) is 1.38. The molecular weight excluding hydrogens is 264 g/mol. The molecule has 2 atom stereocenters. The van der Waals surface area contributed by atoms with Gasteiger partial charge in [-0.1, -0.05) is 29.8 Å². The van der Waals surface area contributed by atoms with E-state index in [9.17, 15) is 4.79 Å². The first kappa shape index (κ1) is 16.0. The van der Waals surface area contributed by atoms with Crippen molar-refractivity contribution >= 4 is 17.5 Å². The van der Waals surface area contributed by atoms with Crippen molar-refractivity contribution in [2.45, 2.75) is 31.8 Å². The first-order chi connectivity index (χ1) is 9.06. The second kappa shape index (κ2) is 8.15. The molecule has 0 fully saturated rings. The molecule has 0 aliphatic carbocycles. The minimum atomic E-state index is -0.514. The third kappa shape index (κ3) is 5.19. The van der Waals surface area contributed by atoms with Crippen molar-refractivity contribution in [3.63, 3.8) is 0 Å². The molecule has 1 rings (SSSR count). The summed E-state index contributed by atoms with van der Waals surface area (Å²) in [4.78, 5) is 11.9. The molecule has 3 N–H and O–H groups in total. The number of carbonyl (C=O) groups is 1. The minimum absolute atomic E-state index is 0.158. The number of hydrogen-bond donors (Lipinski definition) is 2. The van der Waals surface area contributed by atoms with Gasteiger partial charge in [0, 0.05) is 18.7 Å². The zero-order valence-electron chi connectivity index (χ0n) is 11.4. The standard InChI is InChI=1S/C14H21ClN2O2/c1-10(11-6-3-4-7-12(11)15)17-14(18)13(16)8-5-9-19-2/h3-4,6-7,10,13H,5,8-9,16H2,1-2H3,(H,17,18). The molecule has 0 radical (unpaired) electrons. The Bertz CT molecular complexity index is 412. The molecule has 4 nitrogen and oxygen atoms in total. The Labute approximate surface area is 119 Å². The molecule has 106 valence electrons. The van der Waals surface area contributed by atoms with E-state index in [1.165, 1.54) is 0 Å². The van der Waals surface area contributed by atoms with Gasteiger partial charge in [0.25, 0.3) is 0 Å². The molecule has 0 heterocycles. The van der Waals surface area contributed by atoms with E-state index in [1.54, 1.807) is 13.2 Å². The van der Waals surface area contributed by atoms with Crippen LogP contribution in [0.1, 0.15) is 31.4 Å². The number of rotatable bonds is 7. The van der Waals surface area contributed by atoms with Crippen LogP contribution in [0.4, 0.5) is 0 Å². The zero-order valence-corrected chi connectivity index (χ0v) is 12.1. The maximum Gasteiger partial charge on any atom is 0.237 e. The van der Waals surface area contributed by atoms with Crippen molar-refractivity contribution in [3.05, 3.63) is 34.9 Å². The summed E-state index contributed by atoms with van der Waals surface area (Å²) in [7, 11) is 1.63. The average Bonchev–Trinajstić information content (AvgIpc) is 2.39. The zero-order chi connectivity index (χ0) is 14.3. The number of hydrogen-bond acceptors (Lipinski definition) is 3. The van der Waals surface area contributed by atoms with Gasteiger partial charge < -0.3 is 15.8 Å². The number of amides is 1. The number of nitrogens with two attached hydrogens (primary N) is 1. The van der Waals surface area contributed by atoms with Crippen molar-refractivity contribution < 1.29 is 9.53 Å². The predicted octanol–water partition coefficient (Wildman–Crippen LogP) is 2.27. The molecule has 1 aromatic carbocycles. The van der Waals surface area contributed by atoms with E-state index < -0.39 is 6.04 Å². The molecule has 0 saturated carbocycles. The van der Waals surface area contributed by atoms with Crippen LogP contribution in [0, 0.1) is 0 Å². The highest BCUT2D eigenvalue weighted by atomic mass is 35.5. The van der Waals surface area contributed by atoms with Gasteiger partial charge in [0.1, 0.15) is 0 Å². The van der Waals surface area contributed by atoms with Gasteiger partial charge in [-0.15, -0.1) is 0 Å². The van der Waals surface area contributed by atoms with Gasteiger partial charge in [0.2, 0.25) is 5.91 Å². The number of carbonyl (C=O) groups excluding carboxylic acids is 1. The molecule has 2 unspecified atom stereocenters. The summed E-state index contributed by atoms with van der Waals surface area (Å²) < 4.78 is 4.93. The first-order valence-corrected chi connectivity index (χ1v) is 6.73. The summed E-state index contributed by atoms with van der Waals surface area (Å²) in [6.45, 7) is 2.50. The van der Waals surface area contributed by atoms with Crippen molar-refractivity contribution in [1.29, 1.82) is 0 Å². The fraction of sp³-hybridized carbons (Fsp3) is 0.500. The molecule has 19 heavy (non-hydrogen) atoms. The number of ether oxygens (including phenoxy) is 1. The van der Waals surface area contributed by atoms with E-state index in [-0.39, 0.29) is 11.9 Å². The average molecular weight is 285 g/mol. The van der Waals surface area contributed by atoms with Crippen LogP contribution < -0.4 is 11.1 Å². The van der Waals surface area contributed by atoms with Crippen LogP contribution >= 0.6 is 11.6 Å². The third-order valence-electron chi connectivity index (χ3n) is 2.93. The van der Waals surface area contributed by atoms with E-state index in [2.05, 4.69) is 5.32 Å². The Morgan fingerprint density at radius 2 is 2.16 bits per heavy atom. The van der Waals surface area contributed by atoms with Crippen LogP contribution in [0.3, 0.4) is 0 Å². The summed E-state index contributed by atoms with van der Waals surface area (Å²) in [6, 6.07) is 6.77. The molecule has 0 saturated heterocycles. The van der Waals surface area contributed by atoms with Crippen LogP contribution in [0.2, 0.25) is 5.02 Å². The fourth-order valence-corrected chi connectivity index (χ4v) is 2.10. The molecule has 5 heteroatoms. The highest BCUT2D eigenvalue weighted by Crippen LogP contribution is 2.22. The van der Waals surface area contributed by atoms with Gasteiger partial charge in [-0.2, -0.15) is 0 Å². The maximum atomic E-state index is 11.9. The Kier molecular flexibility index (Phi) is 6.84. The number of benzene rings is 1. The van der Waals surface area contributed by atoms with Crippen LogP contribution in [0.5, 0.6) is 0 Å². The van der Waals surface area contributed by atoms with Crippen molar-refractivity contribution in [1.82, 2.24) is 5.32 Å². The second-order valence-corrected chi connectivity index (χ2v) is 4.90. The van der Waals surface area contributed by atoms with E-state index in [1.807, 2.05) is 25.1 Å². The Morgan fingerprint density at radius 1 is 1.47 bits per heavy atom. The van der Waals surface area contributed by atoms with Gasteiger partial charge >= 0.3 is 0 Å². The predicted molar refractivity (Wildman–Crippen MR) is 77.1 cm³/mol. The normalized spacial score (nSPS) is 13.9. The van der Waals surface area contributed by atoms with Crippen molar-refractivity contribution in [2.75, 3.05) is 13.7 Å². The monoisotopic (exact) mass is 284 g/mol. The molecule has 1 aromatic rings. The van der Waals surface area contributed by atoms with Gasteiger partial charge in [0.15, 0.2) is 0 Å². The van der Waals surface area contributed by atoms with Gasteiger partial charge in [-0.3, -0.25) is 4.79 Å². The lowest BCUT2D eigenvalue weighted by molar-refractivity contribution is -0.123. The van der Waals surface area contributed by atoms with Crippen LogP contribution in [0.25, 0.3) is 0 Å². The summed E-state index contributed by atoms with van der Waals surface area (Å²) in [5.41, 5.74) is 6.71. The molecule has 0 spiro atoms. The van der Waals surface area contributed by atoms with Crippen molar-refractivity contribution in [3.8, 4) is 0 Å². The lowest BCUT2D eigenvalue weighted by Crippen LogP contribution is -2.41. The van der Waals surface area contributed by atoms with Crippen molar-refractivity contribution in [2.24, 2.45) is 5.73 Å². The second-order valence-electron chi connectivity index (χ2n) is 4.49. The van der Waals surface area contributed by atoms with E-state index in [0.717, 1.165) is 12.0 Å². The van der Waals surface area contributed by atoms with Gasteiger partial charge in [-0.05, 0) is 31.4 Å². The van der Waals surface area contributed by atoms with Crippen LogP contribution in [-0.2, 0) is 9.53 Å². The van der Waals surface area contributed by atoms with E-state index in [4.69, 9.17) is 22.1 Å². The smallest absolute Gasteiger partial charge is 0.237 e. The highest BCUT2D eigenvalue weighted by Gasteiger charge is 2.17. The lowest BCUT2D eigenvalue weighted by atomic mass is 10.1. The number of methoxy groups -OCH3 is 1. The van der Waals surface area contributed by atoms with Gasteiger partial charge in [0.05, 0.1) is 12.1 Å². The third-order valence-corrected chi connectivity index (χ3v) is 3.28. The Morgan fingerprint density at radius 3 is 2.79 bits per heavy atom. The molecule has 0 bridgehead atoms. The van der Waals surface area contributed by atoms with Gasteiger partial charge in [-0.25, -0.2) is 0 Å². The molecule has 0 aliphatic heterocycles.